The van der Waals surface area contributed by atoms with Crippen molar-refractivity contribution < 1.29 is 0 Å². The molecule has 114 valence electrons. The maximum Gasteiger partial charge on any atom is 0.0495 e. The molecule has 3 heteroatoms. The van der Waals surface area contributed by atoms with Gasteiger partial charge in [0, 0.05) is 35.1 Å². The van der Waals surface area contributed by atoms with E-state index in [-0.39, 0.29) is 0 Å². The van der Waals surface area contributed by atoms with Crippen LogP contribution in [0.1, 0.15) is 22.6 Å². The first-order valence-corrected chi connectivity index (χ1v) is 7.96. The highest BCUT2D eigenvalue weighted by atomic mass is 35.5. The quantitative estimate of drug-likeness (QED) is 0.759. The lowest BCUT2D eigenvalue weighted by molar-refractivity contribution is 0.696. The van der Waals surface area contributed by atoms with Crippen molar-refractivity contribution in [1.82, 2.24) is 4.57 Å². The molecule has 1 atom stereocenters. The van der Waals surface area contributed by atoms with Gasteiger partial charge in [0.15, 0.2) is 0 Å². The SMILES string of the molecule is Cc1ccc(CC(CN)c2cn(C)c3cc(Cl)ccc23)cc1. The standard InChI is InChI=1S/C19H21ClN2/c1-13-3-5-14(6-4-13)9-15(11-21)18-12-22(2)19-10-16(20)7-8-17(18)19/h3-8,10,12,15H,9,11,21H2,1-2H3. The molecule has 1 aromatic heterocycles. The molecule has 0 fully saturated rings. The predicted molar refractivity (Wildman–Crippen MR) is 94.6 cm³/mol. The second kappa shape index (κ2) is 6.15. The van der Waals surface area contributed by atoms with Gasteiger partial charge in [-0.15, -0.1) is 0 Å². The van der Waals surface area contributed by atoms with Gasteiger partial charge < -0.3 is 10.3 Å². The van der Waals surface area contributed by atoms with Crippen LogP contribution in [0.25, 0.3) is 10.9 Å². The number of fused-ring (bicyclic) bond motifs is 1. The Balaban J connectivity index is 1.98. The molecule has 2 N–H and O–H groups in total. The van der Waals surface area contributed by atoms with Crippen molar-refractivity contribution in [3.05, 3.63) is 70.4 Å². The van der Waals surface area contributed by atoms with E-state index < -0.39 is 0 Å². The maximum atomic E-state index is 6.12. The van der Waals surface area contributed by atoms with E-state index in [9.17, 15) is 0 Å². The van der Waals surface area contributed by atoms with E-state index in [4.69, 9.17) is 17.3 Å². The fraction of sp³-hybridized carbons (Fsp3) is 0.263. The number of nitrogens with two attached hydrogens (primary N) is 1. The van der Waals surface area contributed by atoms with E-state index in [1.807, 2.05) is 12.1 Å². The summed E-state index contributed by atoms with van der Waals surface area (Å²) in [5.41, 5.74) is 11.1. The van der Waals surface area contributed by atoms with E-state index in [2.05, 4.69) is 55.1 Å². The Labute approximate surface area is 136 Å². The molecule has 0 saturated heterocycles. The smallest absolute Gasteiger partial charge is 0.0495 e. The third-order valence-corrected chi connectivity index (χ3v) is 4.55. The van der Waals surface area contributed by atoms with Crippen LogP contribution < -0.4 is 5.73 Å². The molecule has 3 rings (SSSR count). The van der Waals surface area contributed by atoms with E-state index in [0.29, 0.717) is 12.5 Å². The van der Waals surface area contributed by atoms with Crippen LogP contribution in [0.2, 0.25) is 5.02 Å². The van der Waals surface area contributed by atoms with Crippen molar-refractivity contribution in [2.75, 3.05) is 6.54 Å². The third kappa shape index (κ3) is 2.90. The number of hydrogen-bond acceptors (Lipinski definition) is 1. The van der Waals surface area contributed by atoms with Gasteiger partial charge in [0.1, 0.15) is 0 Å². The van der Waals surface area contributed by atoms with Gasteiger partial charge >= 0.3 is 0 Å². The van der Waals surface area contributed by atoms with Gasteiger partial charge in [-0.1, -0.05) is 47.5 Å². The van der Waals surface area contributed by atoms with E-state index in [1.165, 1.54) is 22.1 Å². The average Bonchev–Trinajstić information content (AvgIpc) is 2.83. The Morgan fingerprint density at radius 3 is 2.55 bits per heavy atom. The maximum absolute atomic E-state index is 6.12. The number of nitrogens with zero attached hydrogens (tertiary/aromatic N) is 1. The summed E-state index contributed by atoms with van der Waals surface area (Å²) in [5.74, 6) is 0.313. The zero-order valence-corrected chi connectivity index (χ0v) is 13.8. The minimum atomic E-state index is 0.313. The number of aromatic nitrogens is 1. The summed E-state index contributed by atoms with van der Waals surface area (Å²) < 4.78 is 2.13. The lowest BCUT2D eigenvalue weighted by Crippen LogP contribution is -2.14. The van der Waals surface area contributed by atoms with Crippen molar-refractivity contribution in [2.45, 2.75) is 19.3 Å². The van der Waals surface area contributed by atoms with Crippen LogP contribution in [-0.4, -0.2) is 11.1 Å². The second-order valence-electron chi connectivity index (χ2n) is 5.98. The minimum Gasteiger partial charge on any atom is -0.350 e. The van der Waals surface area contributed by atoms with Gasteiger partial charge in [-0.05, 0) is 43.1 Å². The number of rotatable bonds is 4. The van der Waals surface area contributed by atoms with Crippen LogP contribution >= 0.6 is 11.6 Å². The highest BCUT2D eigenvalue weighted by Crippen LogP contribution is 2.31. The van der Waals surface area contributed by atoms with Gasteiger partial charge in [0.05, 0.1) is 0 Å². The first kappa shape index (κ1) is 15.1. The van der Waals surface area contributed by atoms with Gasteiger partial charge in [-0.2, -0.15) is 0 Å². The van der Waals surface area contributed by atoms with Gasteiger partial charge in [-0.25, -0.2) is 0 Å². The summed E-state index contributed by atoms with van der Waals surface area (Å²) in [6, 6.07) is 14.8. The molecule has 2 nitrogen and oxygen atoms in total. The number of benzene rings is 2. The van der Waals surface area contributed by atoms with Gasteiger partial charge in [0.25, 0.3) is 0 Å². The summed E-state index contributed by atoms with van der Waals surface area (Å²) in [6.07, 6.45) is 3.14. The van der Waals surface area contributed by atoms with Gasteiger partial charge in [-0.3, -0.25) is 0 Å². The first-order valence-electron chi connectivity index (χ1n) is 7.58. The molecule has 0 aliphatic rings. The van der Waals surface area contributed by atoms with Crippen LogP contribution in [0.5, 0.6) is 0 Å². The zero-order chi connectivity index (χ0) is 15.7. The van der Waals surface area contributed by atoms with Gasteiger partial charge in [0.2, 0.25) is 0 Å². The zero-order valence-electron chi connectivity index (χ0n) is 13.0. The van der Waals surface area contributed by atoms with Crippen molar-refractivity contribution >= 4 is 22.5 Å². The summed E-state index contributed by atoms with van der Waals surface area (Å²) in [6.45, 7) is 2.74. The molecule has 0 aliphatic heterocycles. The van der Waals surface area contributed by atoms with Crippen LogP contribution in [0.3, 0.4) is 0 Å². The van der Waals surface area contributed by atoms with Crippen LogP contribution in [0.4, 0.5) is 0 Å². The molecule has 2 aromatic carbocycles. The molecule has 0 amide bonds. The molecule has 0 spiro atoms. The highest BCUT2D eigenvalue weighted by Gasteiger charge is 2.16. The highest BCUT2D eigenvalue weighted by molar-refractivity contribution is 6.31. The fourth-order valence-corrected chi connectivity index (χ4v) is 3.21. The Hall–Kier alpha value is -1.77. The Morgan fingerprint density at radius 1 is 1.14 bits per heavy atom. The molecule has 0 aliphatic carbocycles. The summed E-state index contributed by atoms with van der Waals surface area (Å²) in [7, 11) is 2.06. The molecule has 0 bridgehead atoms. The van der Waals surface area contributed by atoms with Crippen molar-refractivity contribution in [2.24, 2.45) is 12.8 Å². The lowest BCUT2D eigenvalue weighted by atomic mass is 9.91. The van der Waals surface area contributed by atoms with E-state index >= 15 is 0 Å². The van der Waals surface area contributed by atoms with E-state index in [0.717, 1.165) is 17.0 Å². The van der Waals surface area contributed by atoms with Crippen molar-refractivity contribution in [3.63, 3.8) is 0 Å². The molecule has 0 saturated carbocycles. The Kier molecular flexibility index (Phi) is 4.23. The largest absolute Gasteiger partial charge is 0.350 e. The normalized spacial score (nSPS) is 12.7. The minimum absolute atomic E-state index is 0.313. The number of halogens is 1. The van der Waals surface area contributed by atoms with Crippen LogP contribution in [0.15, 0.2) is 48.7 Å². The Morgan fingerprint density at radius 2 is 1.86 bits per heavy atom. The van der Waals surface area contributed by atoms with Crippen LogP contribution in [0, 0.1) is 6.92 Å². The molecule has 3 aromatic rings. The van der Waals surface area contributed by atoms with Crippen molar-refractivity contribution in [1.29, 1.82) is 0 Å². The topological polar surface area (TPSA) is 30.9 Å². The Bertz CT molecular complexity index is 787. The first-order chi connectivity index (χ1) is 10.6. The molecule has 1 heterocycles. The molecule has 22 heavy (non-hydrogen) atoms. The molecular formula is C19H21ClN2. The molecule has 0 radical (unpaired) electrons. The second-order valence-corrected chi connectivity index (χ2v) is 6.42. The lowest BCUT2D eigenvalue weighted by Gasteiger charge is -2.14. The van der Waals surface area contributed by atoms with E-state index in [1.54, 1.807) is 0 Å². The average molecular weight is 313 g/mol. The summed E-state index contributed by atoms with van der Waals surface area (Å²) >= 11 is 6.12. The molecular weight excluding hydrogens is 292 g/mol. The monoisotopic (exact) mass is 312 g/mol. The van der Waals surface area contributed by atoms with Crippen LogP contribution in [-0.2, 0) is 13.5 Å². The number of hydrogen-bond donors (Lipinski definition) is 1. The summed E-state index contributed by atoms with van der Waals surface area (Å²) in [4.78, 5) is 0. The summed E-state index contributed by atoms with van der Waals surface area (Å²) in [5, 5.41) is 2.01. The number of aryl methyl sites for hydroxylation is 2. The predicted octanol–water partition coefficient (Wildman–Crippen LogP) is 4.43. The molecule has 1 unspecified atom stereocenters. The van der Waals surface area contributed by atoms with Crippen molar-refractivity contribution in [3.8, 4) is 0 Å². The fourth-order valence-electron chi connectivity index (χ4n) is 3.04. The third-order valence-electron chi connectivity index (χ3n) is 4.31.